The van der Waals surface area contributed by atoms with Crippen LogP contribution in [0.15, 0.2) is 24.3 Å². The van der Waals surface area contributed by atoms with Crippen molar-refractivity contribution in [3.8, 4) is 5.75 Å². The van der Waals surface area contributed by atoms with Gasteiger partial charge in [-0.05, 0) is 31.0 Å². The first-order valence-electron chi connectivity index (χ1n) is 8.83. The Kier molecular flexibility index (Phi) is 6.36. The normalized spacial score (nSPS) is 16.7. The number of carbonyl (C=O) groups excluding carboxylic acids is 2. The third-order valence-corrected chi connectivity index (χ3v) is 5.18. The van der Waals surface area contributed by atoms with E-state index in [4.69, 9.17) is 4.74 Å². The number of carbonyl (C=O) groups is 2. The number of amides is 2. The average molecular weight is 390 g/mol. The molecule has 1 aromatic carbocycles. The molecule has 1 aromatic heterocycles. The van der Waals surface area contributed by atoms with Crippen molar-refractivity contribution in [2.75, 3.05) is 24.6 Å². The summed E-state index contributed by atoms with van der Waals surface area (Å²) in [6.45, 7) is 3.65. The van der Waals surface area contributed by atoms with Crippen molar-refractivity contribution in [1.29, 1.82) is 0 Å². The minimum Gasteiger partial charge on any atom is -0.508 e. The fourth-order valence-corrected chi connectivity index (χ4v) is 3.61. The van der Waals surface area contributed by atoms with Crippen LogP contribution < -0.4 is 10.2 Å². The minimum atomic E-state index is -0.392. The number of ether oxygens (including phenoxy) is 1. The molecule has 9 heteroatoms. The second-order valence-corrected chi connectivity index (χ2v) is 7.27. The highest BCUT2D eigenvalue weighted by molar-refractivity contribution is 7.15. The van der Waals surface area contributed by atoms with Gasteiger partial charge >= 0.3 is 0 Å². The van der Waals surface area contributed by atoms with Crippen molar-refractivity contribution >= 4 is 28.3 Å². The molecule has 1 aliphatic rings. The van der Waals surface area contributed by atoms with Gasteiger partial charge in [0.1, 0.15) is 17.4 Å². The van der Waals surface area contributed by atoms with Crippen LogP contribution in [0.25, 0.3) is 0 Å². The Morgan fingerprint density at radius 3 is 2.89 bits per heavy atom. The number of phenols is 1. The standard InChI is InChI=1S/C18H22N4O4S/c1-2-26-11-15-20-21-18(27-15)22-10-13(9-16(22)24)17(25)19-8-7-12-3-5-14(23)6-4-12/h3-6,13,23H,2,7-11H2,1H3,(H,19,25). The number of benzene rings is 1. The Morgan fingerprint density at radius 1 is 1.37 bits per heavy atom. The lowest BCUT2D eigenvalue weighted by Crippen LogP contribution is -2.34. The van der Waals surface area contributed by atoms with E-state index in [1.165, 1.54) is 16.2 Å². The lowest BCUT2D eigenvalue weighted by Gasteiger charge is -2.12. The highest BCUT2D eigenvalue weighted by Crippen LogP contribution is 2.28. The number of anilines is 1. The summed E-state index contributed by atoms with van der Waals surface area (Å²) in [5, 5.41) is 21.4. The SMILES string of the molecule is CCOCc1nnc(N2CC(C(=O)NCCc3ccc(O)cc3)CC2=O)s1. The highest BCUT2D eigenvalue weighted by atomic mass is 32.1. The number of nitrogens with zero attached hydrogens (tertiary/aromatic N) is 3. The first-order chi connectivity index (χ1) is 13.1. The molecule has 1 atom stereocenters. The summed E-state index contributed by atoms with van der Waals surface area (Å²) in [7, 11) is 0. The molecule has 2 amide bonds. The van der Waals surface area contributed by atoms with Gasteiger partial charge in [-0.1, -0.05) is 23.5 Å². The van der Waals surface area contributed by atoms with Gasteiger partial charge in [-0.15, -0.1) is 10.2 Å². The Hall–Kier alpha value is -2.52. The number of aromatic hydroxyl groups is 1. The molecule has 1 unspecified atom stereocenters. The third-order valence-electron chi connectivity index (χ3n) is 4.26. The molecule has 144 valence electrons. The Morgan fingerprint density at radius 2 is 2.15 bits per heavy atom. The summed E-state index contributed by atoms with van der Waals surface area (Å²) in [5.74, 6) is -0.429. The second kappa shape index (κ2) is 8.92. The topological polar surface area (TPSA) is 105 Å². The van der Waals surface area contributed by atoms with E-state index in [0.29, 0.717) is 42.9 Å². The van der Waals surface area contributed by atoms with Gasteiger partial charge in [0, 0.05) is 26.1 Å². The molecule has 0 saturated carbocycles. The Labute approximate surface area is 161 Å². The summed E-state index contributed by atoms with van der Waals surface area (Å²) < 4.78 is 5.30. The quantitative estimate of drug-likeness (QED) is 0.708. The number of aromatic nitrogens is 2. The first-order valence-corrected chi connectivity index (χ1v) is 9.64. The predicted molar refractivity (Wildman–Crippen MR) is 101 cm³/mol. The van der Waals surface area contributed by atoms with Crippen molar-refractivity contribution in [3.63, 3.8) is 0 Å². The average Bonchev–Trinajstić information content (AvgIpc) is 3.28. The maximum absolute atomic E-state index is 12.4. The van der Waals surface area contributed by atoms with Crippen molar-refractivity contribution < 1.29 is 19.4 Å². The van der Waals surface area contributed by atoms with Crippen molar-refractivity contribution in [2.24, 2.45) is 5.92 Å². The van der Waals surface area contributed by atoms with E-state index in [1.54, 1.807) is 12.1 Å². The van der Waals surface area contributed by atoms with Gasteiger partial charge in [0.25, 0.3) is 0 Å². The van der Waals surface area contributed by atoms with E-state index in [2.05, 4.69) is 15.5 Å². The maximum atomic E-state index is 12.4. The molecule has 2 heterocycles. The smallest absolute Gasteiger partial charge is 0.229 e. The number of hydrogen-bond acceptors (Lipinski definition) is 7. The zero-order chi connectivity index (χ0) is 19.2. The van der Waals surface area contributed by atoms with Crippen LogP contribution in [0.4, 0.5) is 5.13 Å². The van der Waals surface area contributed by atoms with Gasteiger partial charge in [0.05, 0.1) is 5.92 Å². The Bertz CT molecular complexity index is 793. The minimum absolute atomic E-state index is 0.118. The lowest BCUT2D eigenvalue weighted by molar-refractivity contribution is -0.126. The van der Waals surface area contributed by atoms with Crippen LogP contribution >= 0.6 is 11.3 Å². The van der Waals surface area contributed by atoms with E-state index in [9.17, 15) is 14.7 Å². The molecule has 0 bridgehead atoms. The van der Waals surface area contributed by atoms with Gasteiger partial charge in [0.15, 0.2) is 0 Å². The number of nitrogens with one attached hydrogen (secondary N) is 1. The van der Waals surface area contributed by atoms with Crippen LogP contribution in [0.2, 0.25) is 0 Å². The molecule has 1 saturated heterocycles. The summed E-state index contributed by atoms with van der Waals surface area (Å²) in [5.41, 5.74) is 1.02. The largest absolute Gasteiger partial charge is 0.508 e. The summed E-state index contributed by atoms with van der Waals surface area (Å²) in [6, 6.07) is 6.87. The van der Waals surface area contributed by atoms with E-state index in [1.807, 2.05) is 19.1 Å². The Balaban J connectivity index is 1.49. The molecule has 2 aromatic rings. The van der Waals surface area contributed by atoms with Gasteiger partial charge < -0.3 is 15.2 Å². The van der Waals surface area contributed by atoms with Gasteiger partial charge in [-0.3, -0.25) is 14.5 Å². The first kappa shape index (κ1) is 19.2. The van der Waals surface area contributed by atoms with Gasteiger partial charge in [-0.25, -0.2) is 0 Å². The van der Waals surface area contributed by atoms with Crippen LogP contribution in [0.1, 0.15) is 23.9 Å². The van der Waals surface area contributed by atoms with E-state index in [0.717, 1.165) is 5.56 Å². The molecule has 27 heavy (non-hydrogen) atoms. The van der Waals surface area contributed by atoms with Gasteiger partial charge in [-0.2, -0.15) is 0 Å². The molecule has 0 spiro atoms. The van der Waals surface area contributed by atoms with E-state index >= 15 is 0 Å². The van der Waals surface area contributed by atoms with Crippen LogP contribution in [0, 0.1) is 5.92 Å². The molecular formula is C18H22N4O4S. The number of rotatable bonds is 8. The molecule has 1 aliphatic heterocycles. The van der Waals surface area contributed by atoms with Crippen molar-refractivity contribution in [2.45, 2.75) is 26.4 Å². The van der Waals surface area contributed by atoms with Crippen molar-refractivity contribution in [1.82, 2.24) is 15.5 Å². The third kappa shape index (κ3) is 5.01. The molecule has 2 N–H and O–H groups in total. The summed E-state index contributed by atoms with van der Waals surface area (Å²) in [6.07, 6.45) is 0.832. The van der Waals surface area contributed by atoms with E-state index in [-0.39, 0.29) is 24.0 Å². The molecule has 1 fully saturated rings. The molecule has 0 radical (unpaired) electrons. The summed E-state index contributed by atoms with van der Waals surface area (Å²) >= 11 is 1.31. The number of phenolic OH excluding ortho intramolecular Hbond substituents is 1. The highest BCUT2D eigenvalue weighted by Gasteiger charge is 2.36. The monoisotopic (exact) mass is 390 g/mol. The van der Waals surface area contributed by atoms with Crippen LogP contribution in [-0.2, 0) is 27.4 Å². The van der Waals surface area contributed by atoms with Crippen LogP contribution in [0.3, 0.4) is 0 Å². The molecule has 0 aliphatic carbocycles. The maximum Gasteiger partial charge on any atom is 0.229 e. The fourth-order valence-electron chi connectivity index (χ4n) is 2.81. The molecule has 3 rings (SSSR count). The van der Waals surface area contributed by atoms with Crippen LogP contribution in [-0.4, -0.2) is 46.8 Å². The van der Waals surface area contributed by atoms with Gasteiger partial charge in [0.2, 0.25) is 16.9 Å². The predicted octanol–water partition coefficient (Wildman–Crippen LogP) is 1.49. The lowest BCUT2D eigenvalue weighted by atomic mass is 10.1. The van der Waals surface area contributed by atoms with Crippen molar-refractivity contribution in [3.05, 3.63) is 34.8 Å². The fraction of sp³-hybridized carbons (Fsp3) is 0.444. The molecular weight excluding hydrogens is 368 g/mol. The second-order valence-electron chi connectivity index (χ2n) is 6.23. The number of hydrogen-bond donors (Lipinski definition) is 2. The zero-order valence-electron chi connectivity index (χ0n) is 15.1. The zero-order valence-corrected chi connectivity index (χ0v) is 15.9. The summed E-state index contributed by atoms with van der Waals surface area (Å²) in [4.78, 5) is 26.2. The van der Waals surface area contributed by atoms with Crippen LogP contribution in [0.5, 0.6) is 5.75 Å². The molecule has 8 nitrogen and oxygen atoms in total. The van der Waals surface area contributed by atoms with E-state index < -0.39 is 5.92 Å².